The van der Waals surface area contributed by atoms with Crippen molar-refractivity contribution in [2.75, 3.05) is 0 Å². The van der Waals surface area contributed by atoms with Gasteiger partial charge < -0.3 is 0 Å². The summed E-state index contributed by atoms with van der Waals surface area (Å²) in [5, 5.41) is 0. The van der Waals surface area contributed by atoms with Crippen molar-refractivity contribution < 1.29 is 0 Å². The van der Waals surface area contributed by atoms with Gasteiger partial charge in [0.1, 0.15) is 0 Å². The van der Waals surface area contributed by atoms with E-state index in [-0.39, 0.29) is 0 Å². The van der Waals surface area contributed by atoms with Gasteiger partial charge in [0.2, 0.25) is 0 Å². The van der Waals surface area contributed by atoms with Crippen molar-refractivity contribution in [3.63, 3.8) is 0 Å². The van der Waals surface area contributed by atoms with Crippen molar-refractivity contribution in [2.45, 2.75) is 74.1 Å². The minimum Gasteiger partial charge on any atom is -0.251 e. The fourth-order valence-electron chi connectivity index (χ4n) is 4.11. The molecule has 3 nitrogen and oxygen atoms in total. The second kappa shape index (κ2) is 10.2. The Morgan fingerprint density at radius 1 is 0.667 bits per heavy atom. The average molecular weight is 440 g/mol. The van der Waals surface area contributed by atoms with Crippen LogP contribution < -0.4 is 0 Å². The molecule has 172 valence electrons. The van der Waals surface area contributed by atoms with Gasteiger partial charge in [-0.25, -0.2) is 4.98 Å². The quantitative estimate of drug-likeness (QED) is 0.355. The third-order valence-electron chi connectivity index (χ3n) is 6.05. The van der Waals surface area contributed by atoms with Crippen molar-refractivity contribution >= 4 is 22.8 Å². The second-order valence-electron chi connectivity index (χ2n) is 9.64. The Morgan fingerprint density at radius 2 is 1.09 bits per heavy atom. The highest BCUT2D eigenvalue weighted by molar-refractivity contribution is 6.03. The zero-order valence-corrected chi connectivity index (χ0v) is 21.6. The molecule has 2 aromatic carbocycles. The number of hydrogen-bond donors (Lipinski definition) is 0. The van der Waals surface area contributed by atoms with Gasteiger partial charge in [0, 0.05) is 0 Å². The zero-order valence-electron chi connectivity index (χ0n) is 21.6. The van der Waals surface area contributed by atoms with E-state index >= 15 is 0 Å². The summed E-state index contributed by atoms with van der Waals surface area (Å²) in [7, 11) is 0. The van der Waals surface area contributed by atoms with Gasteiger partial charge in [-0.1, -0.05) is 64.1 Å². The van der Waals surface area contributed by atoms with Crippen LogP contribution in [0.5, 0.6) is 0 Å². The Hall–Kier alpha value is -3.07. The number of benzene rings is 2. The number of aryl methyl sites for hydroxylation is 3. The number of rotatable bonds is 6. The van der Waals surface area contributed by atoms with E-state index in [1.807, 2.05) is 6.92 Å². The van der Waals surface area contributed by atoms with Crippen LogP contribution in [0.3, 0.4) is 0 Å². The van der Waals surface area contributed by atoms with Crippen molar-refractivity contribution in [1.29, 1.82) is 0 Å². The number of para-hydroxylation sites is 2. The van der Waals surface area contributed by atoms with Gasteiger partial charge in [0.15, 0.2) is 0 Å². The van der Waals surface area contributed by atoms with E-state index < -0.39 is 0 Å². The number of pyridine rings is 1. The van der Waals surface area contributed by atoms with E-state index in [1.54, 1.807) is 0 Å². The third kappa shape index (κ3) is 5.65. The summed E-state index contributed by atoms with van der Waals surface area (Å²) < 4.78 is 0. The summed E-state index contributed by atoms with van der Waals surface area (Å²) in [6, 6.07) is 17.0. The first-order valence-corrected chi connectivity index (χ1v) is 11.9. The predicted molar refractivity (Wildman–Crippen MR) is 143 cm³/mol. The third-order valence-corrected chi connectivity index (χ3v) is 6.05. The molecule has 0 aliphatic carbocycles. The molecule has 1 aromatic heterocycles. The summed E-state index contributed by atoms with van der Waals surface area (Å²) >= 11 is 0. The van der Waals surface area contributed by atoms with E-state index in [4.69, 9.17) is 15.0 Å². The molecular formula is C30H37N3. The normalized spacial score (nSPS) is 12.7. The van der Waals surface area contributed by atoms with Gasteiger partial charge in [-0.3, -0.25) is 9.98 Å². The molecule has 33 heavy (non-hydrogen) atoms. The summed E-state index contributed by atoms with van der Waals surface area (Å²) in [6.45, 7) is 19.3. The highest BCUT2D eigenvalue weighted by Gasteiger charge is 2.15. The summed E-state index contributed by atoms with van der Waals surface area (Å²) in [5.41, 5.74) is 11.8. The Kier molecular flexibility index (Phi) is 7.63. The first-order valence-electron chi connectivity index (χ1n) is 11.9. The molecule has 0 radical (unpaired) electrons. The maximum absolute atomic E-state index is 5.14. The lowest BCUT2D eigenvalue weighted by molar-refractivity contribution is 0.834. The Balaban J connectivity index is 2.10. The topological polar surface area (TPSA) is 37.6 Å². The van der Waals surface area contributed by atoms with Crippen molar-refractivity contribution in [3.8, 4) is 0 Å². The van der Waals surface area contributed by atoms with Gasteiger partial charge in [-0.05, 0) is 86.4 Å². The average Bonchev–Trinajstić information content (AvgIpc) is 2.75. The molecule has 0 saturated heterocycles. The van der Waals surface area contributed by atoms with Crippen molar-refractivity contribution in [3.05, 3.63) is 87.7 Å². The van der Waals surface area contributed by atoms with Crippen molar-refractivity contribution in [1.82, 2.24) is 4.98 Å². The van der Waals surface area contributed by atoms with Gasteiger partial charge in [-0.15, -0.1) is 0 Å². The lowest BCUT2D eigenvalue weighted by Gasteiger charge is -2.17. The monoisotopic (exact) mass is 439 g/mol. The van der Waals surface area contributed by atoms with E-state index in [0.717, 1.165) is 39.7 Å². The molecule has 0 unspecified atom stereocenters. The van der Waals surface area contributed by atoms with Gasteiger partial charge in [-0.2, -0.15) is 0 Å². The van der Waals surface area contributed by atoms with E-state index in [2.05, 4.69) is 104 Å². The van der Waals surface area contributed by atoms with Gasteiger partial charge >= 0.3 is 0 Å². The Labute approximate surface area is 199 Å². The molecule has 3 heteroatoms. The van der Waals surface area contributed by atoms with Crippen LogP contribution in [0.1, 0.15) is 92.6 Å². The molecule has 0 bridgehead atoms. The van der Waals surface area contributed by atoms with Gasteiger partial charge in [0.05, 0.1) is 34.2 Å². The first kappa shape index (κ1) is 24.6. The standard InChI is InChI=1S/C30H37N3/c1-18(2)25-14-11-15-26(19(3)4)30(25)32-24(9)28-17-20(5)16-27(33-28)23(8)31-29-21(6)12-10-13-22(29)7/h10-19H,1-9H3/b31-23+,32-24+. The van der Waals surface area contributed by atoms with Crippen LogP contribution in [0.2, 0.25) is 0 Å². The maximum Gasteiger partial charge on any atom is 0.0852 e. The van der Waals surface area contributed by atoms with Crippen LogP contribution in [-0.4, -0.2) is 16.4 Å². The zero-order chi connectivity index (χ0) is 24.3. The smallest absolute Gasteiger partial charge is 0.0852 e. The van der Waals surface area contributed by atoms with Crippen molar-refractivity contribution in [2.24, 2.45) is 9.98 Å². The summed E-state index contributed by atoms with van der Waals surface area (Å²) in [4.78, 5) is 15.1. The van der Waals surface area contributed by atoms with Crippen LogP contribution in [0.25, 0.3) is 0 Å². The fraction of sp³-hybridized carbons (Fsp3) is 0.367. The molecule has 0 N–H and O–H groups in total. The van der Waals surface area contributed by atoms with Crippen LogP contribution in [0, 0.1) is 20.8 Å². The molecule has 0 amide bonds. The molecule has 0 spiro atoms. The molecule has 0 aliphatic heterocycles. The predicted octanol–water partition coefficient (Wildman–Crippen LogP) is 8.54. The van der Waals surface area contributed by atoms with E-state index in [0.29, 0.717) is 11.8 Å². The molecular weight excluding hydrogens is 402 g/mol. The SMILES string of the molecule is C/C(=N\c1c(C)cccc1C)c1cc(C)cc(/C(C)=N/c2c(C(C)C)cccc2C(C)C)n1. The number of aromatic nitrogens is 1. The number of aliphatic imine (C=N–C) groups is 2. The van der Waals surface area contributed by atoms with Crippen LogP contribution in [-0.2, 0) is 0 Å². The number of hydrogen-bond acceptors (Lipinski definition) is 3. The molecule has 0 atom stereocenters. The Morgan fingerprint density at radius 3 is 1.55 bits per heavy atom. The van der Waals surface area contributed by atoms with E-state index in [9.17, 15) is 0 Å². The largest absolute Gasteiger partial charge is 0.251 e. The minimum atomic E-state index is 0.406. The first-order chi connectivity index (χ1) is 15.6. The number of nitrogens with zero attached hydrogens (tertiary/aromatic N) is 3. The van der Waals surface area contributed by atoms with Crippen LogP contribution in [0.15, 0.2) is 58.5 Å². The maximum atomic E-state index is 5.14. The lowest BCUT2D eigenvalue weighted by Crippen LogP contribution is -2.07. The lowest BCUT2D eigenvalue weighted by atomic mass is 9.93. The Bertz CT molecular complexity index is 1170. The summed E-state index contributed by atoms with van der Waals surface area (Å²) in [5.74, 6) is 0.811. The highest BCUT2D eigenvalue weighted by Crippen LogP contribution is 2.35. The molecule has 3 rings (SSSR count). The van der Waals surface area contributed by atoms with Gasteiger partial charge in [0.25, 0.3) is 0 Å². The minimum absolute atomic E-state index is 0.406. The highest BCUT2D eigenvalue weighted by atomic mass is 14.8. The molecule has 1 heterocycles. The fourth-order valence-corrected chi connectivity index (χ4v) is 4.11. The van der Waals surface area contributed by atoms with Crippen LogP contribution in [0.4, 0.5) is 11.4 Å². The second-order valence-corrected chi connectivity index (χ2v) is 9.64. The van der Waals surface area contributed by atoms with E-state index in [1.165, 1.54) is 22.3 Å². The molecule has 0 saturated carbocycles. The molecule has 0 fully saturated rings. The molecule has 0 aliphatic rings. The van der Waals surface area contributed by atoms with Crippen LogP contribution >= 0.6 is 0 Å². The summed E-state index contributed by atoms with van der Waals surface area (Å²) in [6.07, 6.45) is 0. The molecule has 3 aromatic rings.